The van der Waals surface area contributed by atoms with Crippen LogP contribution in [0.5, 0.6) is 0 Å². The summed E-state index contributed by atoms with van der Waals surface area (Å²) < 4.78 is 14.1. The van der Waals surface area contributed by atoms with Gasteiger partial charge in [0.2, 0.25) is 0 Å². The molecule has 0 heterocycles. The maximum Gasteiger partial charge on any atom is 0.123 e. The quantitative estimate of drug-likeness (QED) is 0.759. The van der Waals surface area contributed by atoms with Crippen molar-refractivity contribution in [2.45, 2.75) is 45.6 Å². The minimum atomic E-state index is -0.165. The van der Waals surface area contributed by atoms with Gasteiger partial charge in [0.1, 0.15) is 5.82 Å². The molecular formula is C16H23BrFN. The van der Waals surface area contributed by atoms with Crippen molar-refractivity contribution >= 4 is 15.9 Å². The third-order valence-electron chi connectivity index (χ3n) is 4.19. The van der Waals surface area contributed by atoms with Crippen molar-refractivity contribution in [1.29, 1.82) is 0 Å². The van der Waals surface area contributed by atoms with E-state index in [9.17, 15) is 4.39 Å². The maximum absolute atomic E-state index is 13.1. The molecule has 1 N–H and O–H groups in total. The van der Waals surface area contributed by atoms with E-state index in [1.165, 1.54) is 38.2 Å². The molecule has 0 aromatic heterocycles. The molecule has 0 spiro atoms. The fourth-order valence-electron chi connectivity index (χ4n) is 2.83. The van der Waals surface area contributed by atoms with Crippen molar-refractivity contribution in [3.63, 3.8) is 0 Å². The van der Waals surface area contributed by atoms with Gasteiger partial charge < -0.3 is 5.32 Å². The summed E-state index contributed by atoms with van der Waals surface area (Å²) in [5, 5.41) is 3.43. The van der Waals surface area contributed by atoms with E-state index in [0.29, 0.717) is 0 Å². The molecule has 0 unspecified atom stereocenters. The van der Waals surface area contributed by atoms with E-state index >= 15 is 0 Å². The van der Waals surface area contributed by atoms with Crippen LogP contribution in [0.25, 0.3) is 0 Å². The zero-order valence-corrected chi connectivity index (χ0v) is 13.2. The first-order valence-corrected chi connectivity index (χ1v) is 8.09. The molecule has 19 heavy (non-hydrogen) atoms. The van der Waals surface area contributed by atoms with Gasteiger partial charge in [0.05, 0.1) is 0 Å². The van der Waals surface area contributed by atoms with E-state index in [0.717, 1.165) is 35.0 Å². The summed E-state index contributed by atoms with van der Waals surface area (Å²) in [4.78, 5) is 0. The SMILES string of the molecule is CC1CCC(CCNCc2cc(F)ccc2Br)CC1. The van der Waals surface area contributed by atoms with Crippen LogP contribution in [0.2, 0.25) is 0 Å². The summed E-state index contributed by atoms with van der Waals surface area (Å²) in [5.41, 5.74) is 0.997. The van der Waals surface area contributed by atoms with Crippen LogP contribution in [0.4, 0.5) is 4.39 Å². The Bertz CT molecular complexity index is 400. The van der Waals surface area contributed by atoms with Gasteiger partial charge in [-0.15, -0.1) is 0 Å². The third kappa shape index (κ3) is 4.88. The Labute approximate surface area is 124 Å². The second-order valence-electron chi connectivity index (χ2n) is 5.83. The monoisotopic (exact) mass is 327 g/mol. The topological polar surface area (TPSA) is 12.0 Å². The maximum atomic E-state index is 13.1. The van der Waals surface area contributed by atoms with Gasteiger partial charge in [0.25, 0.3) is 0 Å². The Balaban J connectivity index is 1.68. The Morgan fingerprint density at radius 1 is 1.26 bits per heavy atom. The molecule has 1 nitrogen and oxygen atoms in total. The molecule has 1 aliphatic rings. The Hall–Kier alpha value is -0.410. The van der Waals surface area contributed by atoms with Crippen molar-refractivity contribution in [3.8, 4) is 0 Å². The number of halogens is 2. The number of rotatable bonds is 5. The highest BCUT2D eigenvalue weighted by Crippen LogP contribution is 2.30. The molecule has 0 radical (unpaired) electrons. The Morgan fingerprint density at radius 2 is 2.00 bits per heavy atom. The fourth-order valence-corrected chi connectivity index (χ4v) is 3.21. The molecule has 106 valence electrons. The van der Waals surface area contributed by atoms with E-state index < -0.39 is 0 Å². The van der Waals surface area contributed by atoms with Crippen molar-refractivity contribution in [2.24, 2.45) is 11.8 Å². The number of hydrogen-bond donors (Lipinski definition) is 1. The van der Waals surface area contributed by atoms with Crippen molar-refractivity contribution in [1.82, 2.24) is 5.32 Å². The normalized spacial score (nSPS) is 23.5. The molecule has 3 heteroatoms. The second kappa shape index (κ2) is 7.39. The van der Waals surface area contributed by atoms with Crippen LogP contribution in [0.15, 0.2) is 22.7 Å². The molecular weight excluding hydrogens is 305 g/mol. The molecule has 0 saturated heterocycles. The molecule has 0 atom stereocenters. The smallest absolute Gasteiger partial charge is 0.123 e. The zero-order chi connectivity index (χ0) is 13.7. The molecule has 1 aromatic rings. The first-order chi connectivity index (χ1) is 9.15. The summed E-state index contributed by atoms with van der Waals surface area (Å²) in [6.07, 6.45) is 6.79. The van der Waals surface area contributed by atoms with Gasteiger partial charge in [-0.3, -0.25) is 0 Å². The highest BCUT2D eigenvalue weighted by Gasteiger charge is 2.17. The summed E-state index contributed by atoms with van der Waals surface area (Å²) in [7, 11) is 0. The average Bonchev–Trinajstić information content (AvgIpc) is 2.40. The molecule has 1 fully saturated rings. The van der Waals surface area contributed by atoms with Gasteiger partial charge in [-0.2, -0.15) is 0 Å². The van der Waals surface area contributed by atoms with Gasteiger partial charge >= 0.3 is 0 Å². The predicted molar refractivity (Wildman–Crippen MR) is 81.5 cm³/mol. The van der Waals surface area contributed by atoms with Gasteiger partial charge in [-0.25, -0.2) is 4.39 Å². The lowest BCUT2D eigenvalue weighted by atomic mass is 9.81. The van der Waals surface area contributed by atoms with E-state index in [1.54, 1.807) is 12.1 Å². The number of benzene rings is 1. The molecule has 2 rings (SSSR count). The van der Waals surface area contributed by atoms with E-state index in [2.05, 4.69) is 28.2 Å². The molecule has 0 bridgehead atoms. The molecule has 0 aliphatic heterocycles. The Kier molecular flexibility index (Phi) is 5.83. The zero-order valence-electron chi connectivity index (χ0n) is 11.6. The van der Waals surface area contributed by atoms with Crippen LogP contribution in [-0.4, -0.2) is 6.54 Å². The predicted octanol–water partition coefficient (Wildman–Crippen LogP) is 4.89. The second-order valence-corrected chi connectivity index (χ2v) is 6.68. The lowest BCUT2D eigenvalue weighted by molar-refractivity contribution is 0.275. The van der Waals surface area contributed by atoms with E-state index in [4.69, 9.17) is 0 Å². The van der Waals surface area contributed by atoms with Gasteiger partial charge in [-0.05, 0) is 48.6 Å². The third-order valence-corrected chi connectivity index (χ3v) is 4.96. The van der Waals surface area contributed by atoms with Gasteiger partial charge in [-0.1, -0.05) is 48.5 Å². The van der Waals surface area contributed by atoms with Crippen LogP contribution >= 0.6 is 15.9 Å². The molecule has 1 aliphatic carbocycles. The lowest BCUT2D eigenvalue weighted by Gasteiger charge is -2.26. The highest BCUT2D eigenvalue weighted by atomic mass is 79.9. The summed E-state index contributed by atoms with van der Waals surface area (Å²) in [6, 6.07) is 4.85. The van der Waals surface area contributed by atoms with Crippen molar-refractivity contribution in [2.75, 3.05) is 6.54 Å². The van der Waals surface area contributed by atoms with Crippen LogP contribution in [-0.2, 0) is 6.54 Å². The average molecular weight is 328 g/mol. The summed E-state index contributed by atoms with van der Waals surface area (Å²) >= 11 is 3.46. The standard InChI is InChI=1S/C16H23BrFN/c1-12-2-4-13(5-3-12)8-9-19-11-14-10-15(18)6-7-16(14)17/h6-7,10,12-13,19H,2-5,8-9,11H2,1H3. The minimum absolute atomic E-state index is 0.165. The van der Waals surface area contributed by atoms with Crippen LogP contribution < -0.4 is 5.32 Å². The lowest BCUT2D eigenvalue weighted by Crippen LogP contribution is -2.20. The van der Waals surface area contributed by atoms with Gasteiger partial charge in [0, 0.05) is 11.0 Å². The van der Waals surface area contributed by atoms with Crippen molar-refractivity contribution < 1.29 is 4.39 Å². The largest absolute Gasteiger partial charge is 0.313 e. The first kappa shape index (κ1) is 15.0. The Morgan fingerprint density at radius 3 is 2.74 bits per heavy atom. The highest BCUT2D eigenvalue weighted by molar-refractivity contribution is 9.10. The number of hydrogen-bond acceptors (Lipinski definition) is 1. The summed E-state index contributed by atoms with van der Waals surface area (Å²) in [6.45, 7) is 4.12. The van der Waals surface area contributed by atoms with E-state index in [-0.39, 0.29) is 5.82 Å². The van der Waals surface area contributed by atoms with Crippen molar-refractivity contribution in [3.05, 3.63) is 34.1 Å². The minimum Gasteiger partial charge on any atom is -0.313 e. The summed E-state index contributed by atoms with van der Waals surface area (Å²) in [5.74, 6) is 1.65. The molecule has 1 aromatic carbocycles. The van der Waals surface area contributed by atoms with E-state index in [1.807, 2.05) is 0 Å². The number of nitrogens with one attached hydrogen (secondary N) is 1. The fraction of sp³-hybridized carbons (Fsp3) is 0.625. The molecule has 1 saturated carbocycles. The van der Waals surface area contributed by atoms with Gasteiger partial charge in [0.15, 0.2) is 0 Å². The van der Waals surface area contributed by atoms with Crippen LogP contribution in [0.3, 0.4) is 0 Å². The van der Waals surface area contributed by atoms with Crippen LogP contribution in [0.1, 0.15) is 44.6 Å². The molecule has 0 amide bonds. The first-order valence-electron chi connectivity index (χ1n) is 7.30. The van der Waals surface area contributed by atoms with Crippen LogP contribution in [0, 0.1) is 17.7 Å².